The van der Waals surface area contributed by atoms with Gasteiger partial charge in [0, 0.05) is 12.7 Å². The molecule has 0 saturated carbocycles. The molecule has 36 heavy (non-hydrogen) atoms. The van der Waals surface area contributed by atoms with Crippen LogP contribution in [0, 0.1) is 5.92 Å². The van der Waals surface area contributed by atoms with E-state index >= 15 is 0 Å². The molecular weight excluding hydrogens is 484 g/mol. The summed E-state index contributed by atoms with van der Waals surface area (Å²) in [6.07, 6.45) is -9.55. The van der Waals surface area contributed by atoms with Crippen molar-refractivity contribution in [1.82, 2.24) is 0 Å². The molecule has 0 radical (unpaired) electrons. The lowest BCUT2D eigenvalue weighted by Gasteiger charge is -2.29. The topological polar surface area (TPSA) is 40.5 Å². The first-order valence-corrected chi connectivity index (χ1v) is 11.1. The second-order valence-electron chi connectivity index (χ2n) is 8.95. The van der Waals surface area contributed by atoms with E-state index in [9.17, 15) is 36.2 Å². The van der Waals surface area contributed by atoms with E-state index in [2.05, 4.69) is 0 Å². The van der Waals surface area contributed by atoms with Crippen LogP contribution in [-0.2, 0) is 17.1 Å². The van der Waals surface area contributed by atoms with Gasteiger partial charge in [0.05, 0.1) is 22.7 Å². The van der Waals surface area contributed by atoms with Gasteiger partial charge in [0.2, 0.25) is 0 Å². The van der Waals surface area contributed by atoms with Crippen LogP contribution in [0.25, 0.3) is 11.1 Å². The first-order valence-electron chi connectivity index (χ1n) is 11.1. The van der Waals surface area contributed by atoms with Gasteiger partial charge in [0.25, 0.3) is 0 Å². The van der Waals surface area contributed by atoms with Gasteiger partial charge in [-0.15, -0.1) is 0 Å². The monoisotopic (exact) mass is 509 g/mol. The van der Waals surface area contributed by atoms with E-state index in [1.165, 1.54) is 19.2 Å². The van der Waals surface area contributed by atoms with Crippen molar-refractivity contribution in [3.05, 3.63) is 83.4 Å². The number of halogens is 6. The zero-order valence-electron chi connectivity index (χ0n) is 19.8. The molecule has 0 saturated heterocycles. The molecule has 3 nitrogen and oxygen atoms in total. The second kappa shape index (κ2) is 10.2. The van der Waals surface area contributed by atoms with Crippen molar-refractivity contribution >= 4 is 17.3 Å². The number of rotatable bonds is 7. The number of anilines is 2. The summed E-state index contributed by atoms with van der Waals surface area (Å²) in [5, 5.41) is 9.89. The largest absolute Gasteiger partial charge is 0.481 e. The lowest BCUT2D eigenvalue weighted by atomic mass is 9.84. The van der Waals surface area contributed by atoms with Gasteiger partial charge in [0.15, 0.2) is 0 Å². The predicted octanol–water partition coefficient (Wildman–Crippen LogP) is 8.37. The highest BCUT2D eigenvalue weighted by Crippen LogP contribution is 2.46. The van der Waals surface area contributed by atoms with Crippen LogP contribution in [0.3, 0.4) is 0 Å². The van der Waals surface area contributed by atoms with Crippen molar-refractivity contribution in [3.63, 3.8) is 0 Å². The third-order valence-corrected chi connectivity index (χ3v) is 5.86. The average Bonchev–Trinajstić information content (AvgIpc) is 2.80. The highest BCUT2D eigenvalue weighted by Gasteiger charge is 2.41. The Bertz CT molecular complexity index is 1200. The fraction of sp³-hybridized carbons (Fsp3) is 0.296. The van der Waals surface area contributed by atoms with Crippen LogP contribution in [-0.4, -0.2) is 18.1 Å². The Morgan fingerprint density at radius 2 is 1.44 bits per heavy atom. The van der Waals surface area contributed by atoms with Crippen LogP contribution in [0.1, 0.15) is 42.9 Å². The fourth-order valence-electron chi connectivity index (χ4n) is 4.14. The summed E-state index contributed by atoms with van der Waals surface area (Å²) in [5.41, 5.74) is -1.78. The third kappa shape index (κ3) is 6.01. The molecule has 0 bridgehead atoms. The zero-order valence-corrected chi connectivity index (χ0v) is 19.8. The molecule has 0 spiro atoms. The Hall–Kier alpha value is -3.49. The first-order chi connectivity index (χ1) is 16.7. The summed E-state index contributed by atoms with van der Waals surface area (Å²) in [5.74, 6) is -3.03. The van der Waals surface area contributed by atoms with Crippen molar-refractivity contribution < 1.29 is 36.2 Å². The number of aliphatic carboxylic acids is 1. The summed E-state index contributed by atoms with van der Waals surface area (Å²) >= 11 is 0. The summed E-state index contributed by atoms with van der Waals surface area (Å²) in [4.78, 5) is 13.3. The van der Waals surface area contributed by atoms with E-state index in [0.717, 1.165) is 29.2 Å². The molecule has 1 unspecified atom stereocenters. The average molecular weight is 509 g/mol. The molecule has 1 atom stereocenters. The summed E-state index contributed by atoms with van der Waals surface area (Å²) in [6, 6.07) is 14.8. The van der Waals surface area contributed by atoms with E-state index in [1.807, 2.05) is 0 Å². The van der Waals surface area contributed by atoms with Gasteiger partial charge in [-0.25, -0.2) is 0 Å². The molecule has 0 aromatic heterocycles. The number of alkyl halides is 6. The SMILES string of the molecule is CC(C)CC(C(=O)O)c1cc(-c2ccccc2)cc(N(C)c2ccc(C(F)(F)F)cc2)c1C(F)(F)F. The Labute approximate surface area is 205 Å². The third-order valence-electron chi connectivity index (χ3n) is 5.86. The smallest absolute Gasteiger partial charge is 0.418 e. The quantitative estimate of drug-likeness (QED) is 0.325. The molecule has 0 aliphatic heterocycles. The van der Waals surface area contributed by atoms with Crippen molar-refractivity contribution in [2.75, 3.05) is 11.9 Å². The summed E-state index contributed by atoms with van der Waals surface area (Å²) in [6.45, 7) is 3.44. The van der Waals surface area contributed by atoms with Crippen LogP contribution >= 0.6 is 0 Å². The second-order valence-corrected chi connectivity index (χ2v) is 8.95. The molecule has 0 aliphatic carbocycles. The van der Waals surface area contributed by atoms with Crippen LogP contribution in [0.4, 0.5) is 37.7 Å². The number of nitrogens with zero attached hydrogens (tertiary/aromatic N) is 1. The molecular formula is C27H25F6NO2. The van der Waals surface area contributed by atoms with Gasteiger partial charge in [0.1, 0.15) is 0 Å². The maximum Gasteiger partial charge on any atom is 0.418 e. The van der Waals surface area contributed by atoms with E-state index in [4.69, 9.17) is 0 Å². The normalized spacial score (nSPS) is 13.1. The minimum atomic E-state index is -4.93. The van der Waals surface area contributed by atoms with Crippen LogP contribution in [0.5, 0.6) is 0 Å². The number of carboxylic acids is 1. The predicted molar refractivity (Wildman–Crippen MR) is 126 cm³/mol. The minimum Gasteiger partial charge on any atom is -0.481 e. The molecule has 0 aliphatic rings. The van der Waals surface area contributed by atoms with Gasteiger partial charge in [-0.3, -0.25) is 4.79 Å². The minimum absolute atomic E-state index is 0.0277. The Balaban J connectivity index is 2.31. The van der Waals surface area contributed by atoms with E-state index in [0.29, 0.717) is 11.1 Å². The van der Waals surface area contributed by atoms with Crippen molar-refractivity contribution in [3.8, 4) is 11.1 Å². The highest BCUT2D eigenvalue weighted by atomic mass is 19.4. The molecule has 9 heteroatoms. The maximum atomic E-state index is 14.5. The van der Waals surface area contributed by atoms with Crippen LogP contribution in [0.15, 0.2) is 66.7 Å². The van der Waals surface area contributed by atoms with Crippen LogP contribution in [0.2, 0.25) is 0 Å². The number of hydrogen-bond donors (Lipinski definition) is 1. The number of carbonyl (C=O) groups is 1. The lowest BCUT2D eigenvalue weighted by Crippen LogP contribution is -2.23. The molecule has 3 aromatic rings. The first kappa shape index (κ1) is 27.1. The zero-order chi connectivity index (χ0) is 26.8. The van der Waals surface area contributed by atoms with E-state index < -0.39 is 35.4 Å². The number of benzene rings is 3. The molecule has 192 valence electrons. The standard InChI is InChI=1S/C27H25F6NO2/c1-16(2)13-22(25(35)36)21-14-18(17-7-5-4-6-8-17)15-23(24(21)27(31,32)33)34(3)20-11-9-19(10-12-20)26(28,29)30/h4-12,14-16,22H,13H2,1-3H3,(H,35,36). The Morgan fingerprint density at radius 1 is 0.861 bits per heavy atom. The van der Waals surface area contributed by atoms with Gasteiger partial charge in [-0.05, 0) is 65.4 Å². The molecule has 3 aromatic carbocycles. The molecule has 1 N–H and O–H groups in total. The van der Waals surface area contributed by atoms with Crippen molar-refractivity contribution in [1.29, 1.82) is 0 Å². The van der Waals surface area contributed by atoms with Crippen molar-refractivity contribution in [2.45, 2.75) is 38.5 Å². The lowest BCUT2D eigenvalue weighted by molar-refractivity contribution is -0.142. The maximum absolute atomic E-state index is 14.5. The summed E-state index contributed by atoms with van der Waals surface area (Å²) < 4.78 is 82.6. The fourth-order valence-corrected chi connectivity index (χ4v) is 4.14. The molecule has 0 fully saturated rings. The highest BCUT2D eigenvalue weighted by molar-refractivity contribution is 5.83. The molecule has 3 rings (SSSR count). The van der Waals surface area contributed by atoms with Crippen LogP contribution < -0.4 is 4.90 Å². The van der Waals surface area contributed by atoms with Gasteiger partial charge < -0.3 is 10.0 Å². The van der Waals surface area contributed by atoms with E-state index in [1.54, 1.807) is 44.2 Å². The van der Waals surface area contributed by atoms with Gasteiger partial charge >= 0.3 is 18.3 Å². The number of hydrogen-bond acceptors (Lipinski definition) is 2. The Morgan fingerprint density at radius 3 is 1.92 bits per heavy atom. The Kier molecular flexibility index (Phi) is 7.71. The van der Waals surface area contributed by atoms with Crippen molar-refractivity contribution in [2.24, 2.45) is 5.92 Å². The summed E-state index contributed by atoms with van der Waals surface area (Å²) in [7, 11) is 1.31. The molecule has 0 amide bonds. The van der Waals surface area contributed by atoms with Gasteiger partial charge in [-0.1, -0.05) is 44.2 Å². The number of carboxylic acid groups (broad SMARTS) is 1. The van der Waals surface area contributed by atoms with Gasteiger partial charge in [-0.2, -0.15) is 26.3 Å². The molecule has 0 heterocycles. The van der Waals surface area contributed by atoms with E-state index in [-0.39, 0.29) is 29.3 Å².